The van der Waals surface area contributed by atoms with Crippen molar-refractivity contribution in [1.82, 2.24) is 4.90 Å². The molecule has 0 saturated carbocycles. The van der Waals surface area contributed by atoms with Gasteiger partial charge in [0.05, 0.1) is 6.61 Å². The van der Waals surface area contributed by atoms with Crippen LogP contribution in [0.5, 0.6) is 0 Å². The lowest BCUT2D eigenvalue weighted by molar-refractivity contribution is -0.137. The number of nitrogens with one attached hydrogen (secondary N) is 1. The number of nitrogens with zero attached hydrogens (tertiary/aromatic N) is 1. The van der Waals surface area contributed by atoms with Crippen molar-refractivity contribution >= 4 is 35.6 Å². The first kappa shape index (κ1) is 18.3. The van der Waals surface area contributed by atoms with Gasteiger partial charge < -0.3 is 20.1 Å². The molecule has 2 rings (SSSR count). The SMILES string of the molecule is CCOC(=O)/C=C/c1ccc(NC(=O)OC(=O)N2CCCC2)cc1N. The lowest BCUT2D eigenvalue weighted by Gasteiger charge is -2.14. The Bertz CT molecular complexity index is 681. The summed E-state index contributed by atoms with van der Waals surface area (Å²) in [4.78, 5) is 36.3. The Morgan fingerprint density at radius 3 is 2.64 bits per heavy atom. The monoisotopic (exact) mass is 347 g/mol. The van der Waals surface area contributed by atoms with Gasteiger partial charge in [0.25, 0.3) is 0 Å². The number of benzene rings is 1. The van der Waals surface area contributed by atoms with E-state index in [1.165, 1.54) is 23.1 Å². The van der Waals surface area contributed by atoms with Gasteiger partial charge in [-0.1, -0.05) is 6.07 Å². The van der Waals surface area contributed by atoms with Crippen molar-refractivity contribution in [3.63, 3.8) is 0 Å². The number of nitrogen functional groups attached to an aromatic ring is 1. The molecule has 1 saturated heterocycles. The van der Waals surface area contributed by atoms with Gasteiger partial charge in [-0.25, -0.2) is 14.4 Å². The van der Waals surface area contributed by atoms with Gasteiger partial charge in [-0.3, -0.25) is 5.32 Å². The number of esters is 1. The predicted octanol–water partition coefficient (Wildman–Crippen LogP) is 2.61. The van der Waals surface area contributed by atoms with Gasteiger partial charge in [0, 0.05) is 30.5 Å². The van der Waals surface area contributed by atoms with Crippen molar-refractivity contribution in [1.29, 1.82) is 0 Å². The fraction of sp³-hybridized carbons (Fsp3) is 0.353. The third-order valence-electron chi connectivity index (χ3n) is 3.56. The third kappa shape index (κ3) is 5.52. The van der Waals surface area contributed by atoms with Crippen molar-refractivity contribution in [2.45, 2.75) is 19.8 Å². The molecule has 8 heteroatoms. The third-order valence-corrected chi connectivity index (χ3v) is 3.56. The fourth-order valence-electron chi connectivity index (χ4n) is 2.34. The maximum absolute atomic E-state index is 11.8. The van der Waals surface area contributed by atoms with E-state index < -0.39 is 18.2 Å². The molecule has 0 aliphatic carbocycles. The summed E-state index contributed by atoms with van der Waals surface area (Å²) in [5.41, 5.74) is 7.22. The normalized spacial score (nSPS) is 13.7. The van der Waals surface area contributed by atoms with Crippen LogP contribution in [0.25, 0.3) is 6.08 Å². The summed E-state index contributed by atoms with van der Waals surface area (Å²) >= 11 is 0. The van der Waals surface area contributed by atoms with Crippen molar-refractivity contribution in [2.75, 3.05) is 30.7 Å². The number of hydrogen-bond donors (Lipinski definition) is 2. The lowest BCUT2D eigenvalue weighted by Crippen LogP contribution is -2.31. The number of nitrogens with two attached hydrogens (primary N) is 1. The van der Waals surface area contributed by atoms with E-state index >= 15 is 0 Å². The summed E-state index contributed by atoms with van der Waals surface area (Å²) in [6.07, 6.45) is 3.09. The van der Waals surface area contributed by atoms with Crippen LogP contribution in [-0.4, -0.2) is 42.8 Å². The second-order valence-electron chi connectivity index (χ2n) is 5.40. The molecule has 2 amide bonds. The molecule has 0 bridgehead atoms. The lowest BCUT2D eigenvalue weighted by atomic mass is 10.1. The van der Waals surface area contributed by atoms with E-state index in [0.717, 1.165) is 12.8 Å². The number of ether oxygens (including phenoxy) is 2. The molecule has 1 heterocycles. The average Bonchev–Trinajstić information content (AvgIpc) is 3.09. The van der Waals surface area contributed by atoms with Crippen LogP contribution >= 0.6 is 0 Å². The molecule has 1 aliphatic rings. The van der Waals surface area contributed by atoms with Crippen LogP contribution in [-0.2, 0) is 14.3 Å². The second kappa shape index (κ2) is 8.72. The molecule has 0 aromatic heterocycles. The Morgan fingerprint density at radius 2 is 2.00 bits per heavy atom. The van der Waals surface area contributed by atoms with Crippen LogP contribution in [0.3, 0.4) is 0 Å². The highest BCUT2D eigenvalue weighted by atomic mass is 16.6. The van der Waals surface area contributed by atoms with E-state index in [4.69, 9.17) is 15.2 Å². The molecule has 3 N–H and O–H groups in total. The van der Waals surface area contributed by atoms with Crippen LogP contribution < -0.4 is 11.1 Å². The summed E-state index contributed by atoms with van der Waals surface area (Å²) in [5, 5.41) is 2.45. The van der Waals surface area contributed by atoms with Crippen molar-refractivity contribution in [3.8, 4) is 0 Å². The number of amides is 2. The quantitative estimate of drug-likeness (QED) is 0.375. The molecule has 8 nitrogen and oxygen atoms in total. The Balaban J connectivity index is 1.92. The predicted molar refractivity (Wildman–Crippen MR) is 92.8 cm³/mol. The van der Waals surface area contributed by atoms with E-state index in [-0.39, 0.29) is 0 Å². The van der Waals surface area contributed by atoms with Crippen LogP contribution in [0.2, 0.25) is 0 Å². The van der Waals surface area contributed by atoms with Crippen molar-refractivity contribution in [3.05, 3.63) is 29.8 Å². The average molecular weight is 347 g/mol. The second-order valence-corrected chi connectivity index (χ2v) is 5.40. The summed E-state index contributed by atoms with van der Waals surface area (Å²) in [5.74, 6) is -0.465. The number of likely N-dealkylation sites (tertiary alicyclic amines) is 1. The van der Waals surface area contributed by atoms with Crippen LogP contribution in [0.1, 0.15) is 25.3 Å². The number of rotatable bonds is 4. The molecule has 0 radical (unpaired) electrons. The first-order chi connectivity index (χ1) is 12.0. The Kier molecular flexibility index (Phi) is 6.39. The Morgan fingerprint density at radius 1 is 1.28 bits per heavy atom. The van der Waals surface area contributed by atoms with Gasteiger partial charge in [-0.05, 0) is 43.5 Å². The molecule has 0 atom stereocenters. The van der Waals surface area contributed by atoms with E-state index in [1.807, 2.05) is 0 Å². The zero-order valence-corrected chi connectivity index (χ0v) is 14.0. The van der Waals surface area contributed by atoms with Crippen LogP contribution in [0, 0.1) is 0 Å². The molecule has 1 fully saturated rings. The minimum atomic E-state index is -0.869. The van der Waals surface area contributed by atoms with E-state index in [0.29, 0.717) is 36.6 Å². The first-order valence-electron chi connectivity index (χ1n) is 8.01. The number of carbonyl (C=O) groups excluding carboxylic acids is 3. The fourth-order valence-corrected chi connectivity index (χ4v) is 2.34. The van der Waals surface area contributed by atoms with Gasteiger partial charge >= 0.3 is 18.2 Å². The number of hydrogen-bond acceptors (Lipinski definition) is 6. The molecule has 134 valence electrons. The van der Waals surface area contributed by atoms with Gasteiger partial charge in [0.15, 0.2) is 0 Å². The van der Waals surface area contributed by atoms with Crippen LogP contribution in [0.4, 0.5) is 21.0 Å². The Labute approximate surface area is 145 Å². The molecule has 25 heavy (non-hydrogen) atoms. The molecular formula is C17H21N3O5. The summed E-state index contributed by atoms with van der Waals surface area (Å²) < 4.78 is 9.52. The highest BCUT2D eigenvalue weighted by Crippen LogP contribution is 2.20. The van der Waals surface area contributed by atoms with Crippen LogP contribution in [0.15, 0.2) is 24.3 Å². The van der Waals surface area contributed by atoms with Gasteiger partial charge in [-0.2, -0.15) is 0 Å². The molecule has 0 spiro atoms. The zero-order chi connectivity index (χ0) is 18.2. The van der Waals surface area contributed by atoms with E-state index in [9.17, 15) is 14.4 Å². The Hall–Kier alpha value is -3.03. The largest absolute Gasteiger partial charge is 0.463 e. The van der Waals surface area contributed by atoms with E-state index in [2.05, 4.69) is 5.32 Å². The smallest absolute Gasteiger partial charge is 0.420 e. The van der Waals surface area contributed by atoms with Crippen molar-refractivity contribution in [2.24, 2.45) is 0 Å². The van der Waals surface area contributed by atoms with Gasteiger partial charge in [0.1, 0.15) is 0 Å². The standard InChI is InChI=1S/C17H21N3O5/c1-2-24-15(21)8-6-12-5-7-13(11-14(12)18)19-16(22)25-17(23)20-9-3-4-10-20/h5-8,11H,2-4,9-10,18H2,1H3,(H,19,22)/b8-6+. The first-order valence-corrected chi connectivity index (χ1v) is 8.01. The minimum absolute atomic E-state index is 0.291. The highest BCUT2D eigenvalue weighted by Gasteiger charge is 2.21. The molecule has 1 aromatic rings. The summed E-state index contributed by atoms with van der Waals surface area (Å²) in [7, 11) is 0. The maximum atomic E-state index is 11.8. The van der Waals surface area contributed by atoms with Gasteiger partial charge in [-0.15, -0.1) is 0 Å². The summed E-state index contributed by atoms with van der Waals surface area (Å²) in [6, 6.07) is 4.72. The highest BCUT2D eigenvalue weighted by molar-refractivity contribution is 5.93. The molecular weight excluding hydrogens is 326 g/mol. The maximum Gasteiger partial charge on any atom is 0.420 e. The molecule has 1 aliphatic heterocycles. The number of carbonyl (C=O) groups is 3. The zero-order valence-electron chi connectivity index (χ0n) is 14.0. The molecule has 0 unspecified atom stereocenters. The van der Waals surface area contributed by atoms with E-state index in [1.54, 1.807) is 19.1 Å². The minimum Gasteiger partial charge on any atom is -0.463 e. The summed E-state index contributed by atoms with van der Waals surface area (Å²) in [6.45, 7) is 3.20. The number of anilines is 2. The van der Waals surface area contributed by atoms with Crippen molar-refractivity contribution < 1.29 is 23.9 Å². The molecule has 1 aromatic carbocycles. The van der Waals surface area contributed by atoms with Gasteiger partial charge in [0.2, 0.25) is 0 Å². The topological polar surface area (TPSA) is 111 Å².